The highest BCUT2D eigenvalue weighted by Crippen LogP contribution is 2.39. The van der Waals surface area contributed by atoms with Gasteiger partial charge in [0.15, 0.2) is 0 Å². The summed E-state index contributed by atoms with van der Waals surface area (Å²) >= 11 is 0. The molecule has 2 atom stereocenters. The van der Waals surface area contributed by atoms with Crippen molar-refractivity contribution in [2.75, 3.05) is 26.2 Å². The quantitative estimate of drug-likeness (QED) is 0.844. The van der Waals surface area contributed by atoms with Crippen LogP contribution in [0.2, 0.25) is 0 Å². The summed E-state index contributed by atoms with van der Waals surface area (Å²) in [7, 11) is 0. The molecule has 0 radical (unpaired) electrons. The normalized spacial score (nSPS) is 33.9. The van der Waals surface area contributed by atoms with E-state index in [0.29, 0.717) is 5.41 Å². The van der Waals surface area contributed by atoms with E-state index >= 15 is 0 Å². The Morgan fingerprint density at radius 1 is 1.00 bits per heavy atom. The van der Waals surface area contributed by atoms with Crippen molar-refractivity contribution < 1.29 is 0 Å². The van der Waals surface area contributed by atoms with Gasteiger partial charge in [-0.05, 0) is 75.4 Å². The van der Waals surface area contributed by atoms with Crippen LogP contribution in [0.1, 0.15) is 65.2 Å². The molecule has 3 fully saturated rings. The third kappa shape index (κ3) is 3.22. The first-order valence-corrected chi connectivity index (χ1v) is 9.11. The molecule has 0 amide bonds. The number of piperidine rings is 1. The highest BCUT2D eigenvalue weighted by Gasteiger charge is 2.38. The lowest BCUT2D eigenvalue weighted by Crippen LogP contribution is -2.47. The molecule has 2 heteroatoms. The van der Waals surface area contributed by atoms with Gasteiger partial charge < -0.3 is 5.32 Å². The van der Waals surface area contributed by atoms with E-state index in [1.807, 2.05) is 0 Å². The molecule has 3 rings (SSSR count). The van der Waals surface area contributed by atoms with Gasteiger partial charge >= 0.3 is 0 Å². The van der Waals surface area contributed by atoms with Crippen molar-refractivity contribution in [3.63, 3.8) is 0 Å². The Hall–Kier alpha value is -0.0800. The first kappa shape index (κ1) is 14.8. The van der Waals surface area contributed by atoms with Gasteiger partial charge in [0, 0.05) is 12.6 Å². The van der Waals surface area contributed by atoms with Gasteiger partial charge in [-0.2, -0.15) is 0 Å². The van der Waals surface area contributed by atoms with Crippen molar-refractivity contribution in [3.8, 4) is 0 Å². The maximum Gasteiger partial charge on any atom is 0.0124 e. The minimum absolute atomic E-state index is 0.481. The molecule has 2 saturated heterocycles. The van der Waals surface area contributed by atoms with Crippen molar-refractivity contribution >= 4 is 0 Å². The third-order valence-electron chi connectivity index (χ3n) is 6.37. The zero-order valence-corrected chi connectivity index (χ0v) is 13.7. The van der Waals surface area contributed by atoms with E-state index < -0.39 is 0 Å². The number of likely N-dealkylation sites (tertiary alicyclic amines) is 1. The third-order valence-corrected chi connectivity index (χ3v) is 6.37. The average molecular weight is 278 g/mol. The Labute approximate surface area is 125 Å². The van der Waals surface area contributed by atoms with Crippen LogP contribution in [0.5, 0.6) is 0 Å². The van der Waals surface area contributed by atoms with Crippen LogP contribution in [0.3, 0.4) is 0 Å². The Morgan fingerprint density at radius 3 is 2.50 bits per heavy atom. The lowest BCUT2D eigenvalue weighted by molar-refractivity contribution is 0.0771. The largest absolute Gasteiger partial charge is 0.316 e. The predicted molar refractivity (Wildman–Crippen MR) is 85.9 cm³/mol. The lowest BCUT2D eigenvalue weighted by Gasteiger charge is -2.42. The van der Waals surface area contributed by atoms with E-state index in [0.717, 1.165) is 17.9 Å². The van der Waals surface area contributed by atoms with E-state index in [2.05, 4.69) is 24.1 Å². The standard InChI is InChI=1S/C18H34N2/c1-18(2,16-9-5-11-19-13-16)14-20-12-6-10-17(20)15-7-3-4-8-15/h15-17,19H,3-14H2,1-2H3. The molecular formula is C18H34N2. The van der Waals surface area contributed by atoms with Gasteiger partial charge in [-0.25, -0.2) is 0 Å². The molecule has 1 saturated carbocycles. The van der Waals surface area contributed by atoms with Gasteiger partial charge in [0.2, 0.25) is 0 Å². The molecule has 0 bridgehead atoms. The molecule has 3 aliphatic rings. The van der Waals surface area contributed by atoms with Crippen molar-refractivity contribution in [2.45, 2.75) is 71.3 Å². The van der Waals surface area contributed by atoms with Crippen LogP contribution < -0.4 is 5.32 Å². The van der Waals surface area contributed by atoms with Crippen molar-refractivity contribution in [3.05, 3.63) is 0 Å². The highest BCUT2D eigenvalue weighted by atomic mass is 15.2. The molecule has 2 nitrogen and oxygen atoms in total. The second-order valence-corrected chi connectivity index (χ2v) is 8.26. The number of rotatable bonds is 4. The van der Waals surface area contributed by atoms with Crippen LogP contribution in [-0.4, -0.2) is 37.1 Å². The number of hydrogen-bond acceptors (Lipinski definition) is 2. The minimum atomic E-state index is 0.481. The first-order chi connectivity index (χ1) is 9.67. The molecule has 0 aromatic rings. The molecule has 1 N–H and O–H groups in total. The molecule has 1 aliphatic carbocycles. The van der Waals surface area contributed by atoms with Crippen LogP contribution in [0.15, 0.2) is 0 Å². The lowest BCUT2D eigenvalue weighted by atomic mass is 9.74. The molecule has 116 valence electrons. The smallest absolute Gasteiger partial charge is 0.0124 e. The SMILES string of the molecule is CC(C)(CN1CCCC1C1CCCC1)C1CCCNC1. The average Bonchev–Trinajstić information content (AvgIpc) is 3.10. The van der Waals surface area contributed by atoms with E-state index in [1.54, 1.807) is 0 Å². The molecule has 0 aromatic carbocycles. The minimum Gasteiger partial charge on any atom is -0.316 e. The summed E-state index contributed by atoms with van der Waals surface area (Å²) in [6, 6.07) is 0.924. The molecule has 2 unspecified atom stereocenters. The predicted octanol–water partition coefficient (Wildman–Crippen LogP) is 3.67. The fraction of sp³-hybridized carbons (Fsp3) is 1.00. The van der Waals surface area contributed by atoms with Crippen LogP contribution in [0, 0.1) is 17.3 Å². The van der Waals surface area contributed by atoms with Gasteiger partial charge in [-0.3, -0.25) is 4.90 Å². The fourth-order valence-electron chi connectivity index (χ4n) is 5.10. The van der Waals surface area contributed by atoms with Crippen LogP contribution in [-0.2, 0) is 0 Å². The van der Waals surface area contributed by atoms with Gasteiger partial charge in [0.05, 0.1) is 0 Å². The van der Waals surface area contributed by atoms with E-state index in [-0.39, 0.29) is 0 Å². The second kappa shape index (κ2) is 6.36. The number of nitrogens with zero attached hydrogens (tertiary/aromatic N) is 1. The molecule has 20 heavy (non-hydrogen) atoms. The van der Waals surface area contributed by atoms with Crippen LogP contribution in [0.4, 0.5) is 0 Å². The summed E-state index contributed by atoms with van der Waals surface area (Å²) in [5.41, 5.74) is 0.481. The topological polar surface area (TPSA) is 15.3 Å². The summed E-state index contributed by atoms with van der Waals surface area (Å²) in [6.07, 6.45) is 11.7. The van der Waals surface area contributed by atoms with Crippen LogP contribution in [0.25, 0.3) is 0 Å². The summed E-state index contributed by atoms with van der Waals surface area (Å²) in [5, 5.41) is 3.61. The summed E-state index contributed by atoms with van der Waals surface area (Å²) < 4.78 is 0. The zero-order valence-electron chi connectivity index (χ0n) is 13.7. The van der Waals surface area contributed by atoms with E-state index in [9.17, 15) is 0 Å². The highest BCUT2D eigenvalue weighted by molar-refractivity contribution is 4.92. The van der Waals surface area contributed by atoms with Gasteiger partial charge in [0.25, 0.3) is 0 Å². The van der Waals surface area contributed by atoms with Gasteiger partial charge in [0.1, 0.15) is 0 Å². The Kier molecular flexibility index (Phi) is 4.72. The Bertz CT molecular complexity index is 301. The van der Waals surface area contributed by atoms with Crippen LogP contribution >= 0.6 is 0 Å². The van der Waals surface area contributed by atoms with Gasteiger partial charge in [-0.15, -0.1) is 0 Å². The van der Waals surface area contributed by atoms with E-state index in [4.69, 9.17) is 0 Å². The van der Waals surface area contributed by atoms with Crippen molar-refractivity contribution in [1.82, 2.24) is 10.2 Å². The maximum atomic E-state index is 3.61. The summed E-state index contributed by atoms with van der Waals surface area (Å²) in [5.74, 6) is 1.90. The molecular weight excluding hydrogens is 244 g/mol. The number of nitrogens with one attached hydrogen (secondary N) is 1. The summed E-state index contributed by atoms with van der Waals surface area (Å²) in [4.78, 5) is 2.88. The van der Waals surface area contributed by atoms with Crippen molar-refractivity contribution in [2.24, 2.45) is 17.3 Å². The maximum absolute atomic E-state index is 3.61. The van der Waals surface area contributed by atoms with Crippen molar-refractivity contribution in [1.29, 1.82) is 0 Å². The zero-order chi connectivity index (χ0) is 14.0. The summed E-state index contributed by atoms with van der Waals surface area (Å²) in [6.45, 7) is 10.2. The second-order valence-electron chi connectivity index (χ2n) is 8.26. The monoisotopic (exact) mass is 278 g/mol. The molecule has 0 spiro atoms. The molecule has 2 aliphatic heterocycles. The first-order valence-electron chi connectivity index (χ1n) is 9.11. The fourth-order valence-corrected chi connectivity index (χ4v) is 5.10. The van der Waals surface area contributed by atoms with E-state index in [1.165, 1.54) is 77.5 Å². The Morgan fingerprint density at radius 2 is 1.80 bits per heavy atom. The molecule has 0 aromatic heterocycles. The number of hydrogen-bond donors (Lipinski definition) is 1. The van der Waals surface area contributed by atoms with Gasteiger partial charge in [-0.1, -0.05) is 26.7 Å². The Balaban J connectivity index is 1.59. The molecule has 2 heterocycles.